The summed E-state index contributed by atoms with van der Waals surface area (Å²) in [7, 11) is 0. The molecule has 0 atom stereocenters. The Labute approximate surface area is 103 Å². The fourth-order valence-electron chi connectivity index (χ4n) is 1.41. The average Bonchev–Trinajstić information content (AvgIpc) is 2.71. The van der Waals surface area contributed by atoms with Crippen LogP contribution in [0.25, 0.3) is 11.1 Å². The van der Waals surface area contributed by atoms with Gasteiger partial charge in [-0.2, -0.15) is 5.10 Å². The van der Waals surface area contributed by atoms with Gasteiger partial charge in [-0.3, -0.25) is 4.68 Å². The minimum atomic E-state index is 0.0719. The third-order valence-corrected chi connectivity index (χ3v) is 2.95. The molecule has 2 aromatic rings. The number of benzene rings is 1. The van der Waals surface area contributed by atoms with E-state index in [2.05, 4.69) is 5.10 Å². The number of aliphatic hydroxyl groups excluding tert-OH is 1. The second kappa shape index (κ2) is 4.87. The Morgan fingerprint density at radius 3 is 2.69 bits per heavy atom. The first-order valence-corrected chi connectivity index (χ1v) is 5.55. The van der Waals surface area contributed by atoms with Gasteiger partial charge in [0.25, 0.3) is 0 Å². The van der Waals surface area contributed by atoms with Crippen LogP contribution >= 0.6 is 23.2 Å². The maximum absolute atomic E-state index is 8.78. The van der Waals surface area contributed by atoms with E-state index in [0.29, 0.717) is 16.6 Å². The van der Waals surface area contributed by atoms with Crippen molar-refractivity contribution in [2.75, 3.05) is 6.61 Å². The normalized spacial score (nSPS) is 10.7. The van der Waals surface area contributed by atoms with Crippen LogP contribution in [-0.4, -0.2) is 21.5 Å². The minimum absolute atomic E-state index is 0.0719. The van der Waals surface area contributed by atoms with Gasteiger partial charge < -0.3 is 5.11 Å². The van der Waals surface area contributed by atoms with Crippen LogP contribution in [-0.2, 0) is 6.54 Å². The monoisotopic (exact) mass is 256 g/mol. The van der Waals surface area contributed by atoms with E-state index in [-0.39, 0.29) is 6.61 Å². The summed E-state index contributed by atoms with van der Waals surface area (Å²) in [5.41, 5.74) is 1.91. The molecule has 0 spiro atoms. The van der Waals surface area contributed by atoms with Crippen molar-refractivity contribution in [3.8, 4) is 11.1 Å². The van der Waals surface area contributed by atoms with E-state index in [0.717, 1.165) is 11.1 Å². The van der Waals surface area contributed by atoms with Gasteiger partial charge in [-0.1, -0.05) is 29.3 Å². The van der Waals surface area contributed by atoms with Crippen LogP contribution in [0.3, 0.4) is 0 Å². The zero-order chi connectivity index (χ0) is 11.5. The zero-order valence-electron chi connectivity index (χ0n) is 8.40. The minimum Gasteiger partial charge on any atom is -0.394 e. The Morgan fingerprint density at radius 1 is 1.19 bits per heavy atom. The molecule has 0 saturated heterocycles. The Bertz CT molecular complexity index is 496. The predicted molar refractivity (Wildman–Crippen MR) is 64.8 cm³/mol. The smallest absolute Gasteiger partial charge is 0.0641 e. The van der Waals surface area contributed by atoms with Gasteiger partial charge in [0.05, 0.1) is 29.4 Å². The standard InChI is InChI=1S/C11H10Cl2N2O/c12-10-2-1-8(5-11(10)13)9-6-14-15(7-9)3-4-16/h1-2,5-7,16H,3-4H2. The molecule has 16 heavy (non-hydrogen) atoms. The molecule has 1 aromatic heterocycles. The lowest BCUT2D eigenvalue weighted by molar-refractivity contribution is 0.269. The highest BCUT2D eigenvalue weighted by molar-refractivity contribution is 6.42. The van der Waals surface area contributed by atoms with E-state index >= 15 is 0 Å². The predicted octanol–water partition coefficient (Wildman–Crippen LogP) is 2.85. The molecule has 84 valence electrons. The molecule has 0 aliphatic carbocycles. The summed E-state index contributed by atoms with van der Waals surface area (Å²) in [5, 5.41) is 14.0. The third kappa shape index (κ3) is 2.38. The van der Waals surface area contributed by atoms with Gasteiger partial charge in [-0.15, -0.1) is 0 Å². The van der Waals surface area contributed by atoms with Gasteiger partial charge >= 0.3 is 0 Å². The van der Waals surface area contributed by atoms with Crippen LogP contribution in [0.2, 0.25) is 10.0 Å². The van der Waals surface area contributed by atoms with Crippen molar-refractivity contribution in [3.63, 3.8) is 0 Å². The molecule has 0 saturated carbocycles. The van der Waals surface area contributed by atoms with Crippen molar-refractivity contribution in [1.82, 2.24) is 9.78 Å². The third-order valence-electron chi connectivity index (χ3n) is 2.22. The van der Waals surface area contributed by atoms with Crippen LogP contribution in [0.4, 0.5) is 0 Å². The summed E-state index contributed by atoms with van der Waals surface area (Å²) in [6.45, 7) is 0.559. The molecule has 0 amide bonds. The fraction of sp³-hybridized carbons (Fsp3) is 0.182. The van der Waals surface area contributed by atoms with E-state index < -0.39 is 0 Å². The molecule has 5 heteroatoms. The number of hydrogen-bond acceptors (Lipinski definition) is 2. The van der Waals surface area contributed by atoms with Crippen molar-refractivity contribution in [3.05, 3.63) is 40.6 Å². The molecule has 2 rings (SSSR count). The Morgan fingerprint density at radius 2 is 2.00 bits per heavy atom. The molecular formula is C11H10Cl2N2O. The Balaban J connectivity index is 2.31. The number of aliphatic hydroxyl groups is 1. The molecule has 1 aromatic carbocycles. The molecule has 3 nitrogen and oxygen atoms in total. The number of aromatic nitrogens is 2. The molecule has 0 aliphatic rings. The highest BCUT2D eigenvalue weighted by Gasteiger charge is 2.04. The van der Waals surface area contributed by atoms with E-state index in [1.165, 1.54) is 0 Å². The van der Waals surface area contributed by atoms with Crippen molar-refractivity contribution in [2.24, 2.45) is 0 Å². The van der Waals surface area contributed by atoms with Gasteiger partial charge in [-0.25, -0.2) is 0 Å². The van der Waals surface area contributed by atoms with Crippen LogP contribution in [0, 0.1) is 0 Å². The van der Waals surface area contributed by atoms with Crippen LogP contribution < -0.4 is 0 Å². The first kappa shape index (κ1) is 11.5. The Hall–Kier alpha value is -1.03. The maximum Gasteiger partial charge on any atom is 0.0641 e. The number of rotatable bonds is 3. The summed E-state index contributed by atoms with van der Waals surface area (Å²) in [5.74, 6) is 0. The number of halogens is 2. The fourth-order valence-corrected chi connectivity index (χ4v) is 1.71. The van der Waals surface area contributed by atoms with E-state index in [1.807, 2.05) is 12.3 Å². The van der Waals surface area contributed by atoms with Crippen molar-refractivity contribution >= 4 is 23.2 Å². The lowest BCUT2D eigenvalue weighted by Gasteiger charge is -2.00. The van der Waals surface area contributed by atoms with Gasteiger partial charge in [0.2, 0.25) is 0 Å². The van der Waals surface area contributed by atoms with Crippen molar-refractivity contribution < 1.29 is 5.11 Å². The maximum atomic E-state index is 8.78. The lowest BCUT2D eigenvalue weighted by Crippen LogP contribution is -2.01. The van der Waals surface area contributed by atoms with Gasteiger partial charge in [-0.05, 0) is 17.7 Å². The molecule has 0 fully saturated rings. The summed E-state index contributed by atoms with van der Waals surface area (Å²) < 4.78 is 1.68. The average molecular weight is 257 g/mol. The van der Waals surface area contributed by atoms with Gasteiger partial charge in [0, 0.05) is 11.8 Å². The molecule has 0 aliphatic heterocycles. The lowest BCUT2D eigenvalue weighted by atomic mass is 10.1. The first-order valence-electron chi connectivity index (χ1n) is 4.79. The largest absolute Gasteiger partial charge is 0.394 e. The topological polar surface area (TPSA) is 38.0 Å². The summed E-state index contributed by atoms with van der Waals surface area (Å²) in [4.78, 5) is 0. The summed E-state index contributed by atoms with van der Waals surface area (Å²) in [6, 6.07) is 5.43. The quantitative estimate of drug-likeness (QED) is 0.918. The molecule has 1 heterocycles. The van der Waals surface area contributed by atoms with Crippen LogP contribution in [0.5, 0.6) is 0 Å². The highest BCUT2D eigenvalue weighted by Crippen LogP contribution is 2.28. The van der Waals surface area contributed by atoms with Crippen LogP contribution in [0.1, 0.15) is 0 Å². The molecule has 0 radical (unpaired) electrons. The highest BCUT2D eigenvalue weighted by atomic mass is 35.5. The van der Waals surface area contributed by atoms with E-state index in [1.54, 1.807) is 23.0 Å². The van der Waals surface area contributed by atoms with Gasteiger partial charge in [0.1, 0.15) is 0 Å². The van der Waals surface area contributed by atoms with Crippen LogP contribution in [0.15, 0.2) is 30.6 Å². The number of nitrogens with zero attached hydrogens (tertiary/aromatic N) is 2. The Kier molecular flexibility index (Phi) is 3.49. The van der Waals surface area contributed by atoms with Crippen molar-refractivity contribution in [2.45, 2.75) is 6.54 Å². The summed E-state index contributed by atoms with van der Waals surface area (Å²) in [6.07, 6.45) is 3.59. The second-order valence-corrected chi connectivity index (χ2v) is 4.16. The second-order valence-electron chi connectivity index (χ2n) is 3.34. The summed E-state index contributed by atoms with van der Waals surface area (Å²) >= 11 is 11.8. The SMILES string of the molecule is OCCn1cc(-c2ccc(Cl)c(Cl)c2)cn1. The van der Waals surface area contributed by atoms with Crippen molar-refractivity contribution in [1.29, 1.82) is 0 Å². The molecular weight excluding hydrogens is 247 g/mol. The molecule has 0 bridgehead atoms. The van der Waals surface area contributed by atoms with E-state index in [9.17, 15) is 0 Å². The zero-order valence-corrected chi connectivity index (χ0v) is 9.91. The first-order chi connectivity index (χ1) is 7.70. The molecule has 0 unspecified atom stereocenters. The number of hydrogen-bond donors (Lipinski definition) is 1. The van der Waals surface area contributed by atoms with E-state index in [4.69, 9.17) is 28.3 Å². The molecule has 1 N–H and O–H groups in total. The van der Waals surface area contributed by atoms with Gasteiger partial charge in [0.15, 0.2) is 0 Å².